The summed E-state index contributed by atoms with van der Waals surface area (Å²) in [6.07, 6.45) is 5.66. The first-order chi connectivity index (χ1) is 11.7. The van der Waals surface area contributed by atoms with Crippen LogP contribution in [-0.2, 0) is 10.3 Å². The van der Waals surface area contributed by atoms with Crippen molar-refractivity contribution in [1.29, 1.82) is 0 Å². The van der Waals surface area contributed by atoms with Crippen LogP contribution >= 0.6 is 0 Å². The number of anilines is 1. The third-order valence-corrected chi connectivity index (χ3v) is 4.38. The predicted molar refractivity (Wildman–Crippen MR) is 94.3 cm³/mol. The Morgan fingerprint density at radius 1 is 1.04 bits per heavy atom. The molecule has 0 bridgehead atoms. The van der Waals surface area contributed by atoms with Gasteiger partial charge in [-0.05, 0) is 24.3 Å². The van der Waals surface area contributed by atoms with Gasteiger partial charge in [-0.25, -0.2) is 0 Å². The van der Waals surface area contributed by atoms with Gasteiger partial charge in [0.1, 0.15) is 5.75 Å². The third-order valence-electron chi connectivity index (χ3n) is 4.38. The van der Waals surface area contributed by atoms with Crippen molar-refractivity contribution in [2.24, 2.45) is 0 Å². The van der Waals surface area contributed by atoms with Gasteiger partial charge in [-0.1, -0.05) is 30.2 Å². The zero-order valence-electron chi connectivity index (χ0n) is 13.7. The van der Waals surface area contributed by atoms with Crippen molar-refractivity contribution in [2.75, 3.05) is 38.3 Å². The maximum absolute atomic E-state index is 11.0. The van der Waals surface area contributed by atoms with Gasteiger partial charge in [0.25, 0.3) is 0 Å². The van der Waals surface area contributed by atoms with Gasteiger partial charge in [0, 0.05) is 29.9 Å². The fourth-order valence-corrected chi connectivity index (χ4v) is 2.90. The maximum Gasteiger partial charge on any atom is 0.176 e. The van der Waals surface area contributed by atoms with E-state index in [-0.39, 0.29) is 0 Å². The van der Waals surface area contributed by atoms with Crippen LogP contribution in [0.3, 0.4) is 0 Å². The Balaban J connectivity index is 1.88. The predicted octanol–water partition coefficient (Wildman–Crippen LogP) is 2.40. The molecule has 1 heterocycles. The summed E-state index contributed by atoms with van der Waals surface area (Å²) in [4.78, 5) is 2.26. The van der Waals surface area contributed by atoms with Crippen LogP contribution in [0.5, 0.6) is 5.75 Å². The Bertz CT molecular complexity index is 712. The molecule has 1 saturated heterocycles. The average molecular weight is 323 g/mol. The highest BCUT2D eigenvalue weighted by Gasteiger charge is 2.29. The Labute approximate surface area is 142 Å². The van der Waals surface area contributed by atoms with Gasteiger partial charge in [-0.2, -0.15) is 0 Å². The Morgan fingerprint density at radius 3 is 2.08 bits per heavy atom. The van der Waals surface area contributed by atoms with Crippen molar-refractivity contribution in [3.05, 3.63) is 59.7 Å². The summed E-state index contributed by atoms with van der Waals surface area (Å²) in [6, 6.07) is 14.9. The zero-order chi connectivity index (χ0) is 17.0. The fourth-order valence-electron chi connectivity index (χ4n) is 2.90. The lowest BCUT2D eigenvalue weighted by Crippen LogP contribution is -2.36. The molecule has 124 valence electrons. The molecule has 2 aromatic carbocycles. The topological polar surface area (TPSA) is 41.9 Å². The Kier molecular flexibility index (Phi) is 4.75. The molecule has 1 aliphatic rings. The lowest BCUT2D eigenvalue weighted by atomic mass is 9.87. The monoisotopic (exact) mass is 323 g/mol. The maximum atomic E-state index is 11.0. The zero-order valence-corrected chi connectivity index (χ0v) is 13.7. The number of terminal acetylenes is 1. The second-order valence-electron chi connectivity index (χ2n) is 5.73. The third kappa shape index (κ3) is 3.09. The smallest absolute Gasteiger partial charge is 0.176 e. The van der Waals surface area contributed by atoms with Gasteiger partial charge in [0.05, 0.1) is 20.3 Å². The summed E-state index contributed by atoms with van der Waals surface area (Å²) in [5.74, 6) is 3.25. The number of methoxy groups -OCH3 is 1. The first-order valence-corrected chi connectivity index (χ1v) is 7.95. The number of rotatable bonds is 4. The standard InChI is InChI=1S/C20H21NO3/c1-3-20(22,17-6-10-19(23-2)11-7-17)16-4-8-18(9-5-16)21-12-14-24-15-13-21/h1,4-11,22H,12-15H2,2H3. The minimum absolute atomic E-state index is 0.643. The second-order valence-corrected chi connectivity index (χ2v) is 5.73. The molecule has 1 N–H and O–H groups in total. The van der Waals surface area contributed by atoms with E-state index in [1.54, 1.807) is 31.4 Å². The van der Waals surface area contributed by atoms with Crippen LogP contribution < -0.4 is 9.64 Å². The van der Waals surface area contributed by atoms with Crippen molar-refractivity contribution in [2.45, 2.75) is 5.60 Å². The van der Waals surface area contributed by atoms with E-state index in [0.29, 0.717) is 11.1 Å². The van der Waals surface area contributed by atoms with Crippen LogP contribution in [-0.4, -0.2) is 38.5 Å². The second kappa shape index (κ2) is 6.96. The van der Waals surface area contributed by atoms with E-state index in [0.717, 1.165) is 37.7 Å². The number of hydrogen-bond acceptors (Lipinski definition) is 4. The van der Waals surface area contributed by atoms with Crippen LogP contribution in [0, 0.1) is 12.3 Å². The summed E-state index contributed by atoms with van der Waals surface area (Å²) in [5, 5.41) is 11.0. The molecule has 0 spiro atoms. The molecule has 24 heavy (non-hydrogen) atoms. The minimum atomic E-state index is -1.46. The molecule has 0 aromatic heterocycles. The molecule has 2 aromatic rings. The highest BCUT2D eigenvalue weighted by molar-refractivity contribution is 5.52. The molecule has 1 unspecified atom stereocenters. The summed E-state index contributed by atoms with van der Waals surface area (Å²) < 4.78 is 10.5. The van der Waals surface area contributed by atoms with E-state index in [1.807, 2.05) is 24.3 Å². The number of benzene rings is 2. The van der Waals surface area contributed by atoms with Crippen LogP contribution in [0.4, 0.5) is 5.69 Å². The van der Waals surface area contributed by atoms with Crippen molar-refractivity contribution in [3.63, 3.8) is 0 Å². The quantitative estimate of drug-likeness (QED) is 0.878. The summed E-state index contributed by atoms with van der Waals surface area (Å²) >= 11 is 0. The fraction of sp³-hybridized carbons (Fsp3) is 0.300. The highest BCUT2D eigenvalue weighted by Crippen LogP contribution is 2.31. The normalized spacial score (nSPS) is 17.0. The molecule has 0 aliphatic carbocycles. The van der Waals surface area contributed by atoms with Crippen molar-refractivity contribution in [3.8, 4) is 18.1 Å². The molecular formula is C20H21NO3. The van der Waals surface area contributed by atoms with Gasteiger partial charge in [0.15, 0.2) is 5.60 Å². The van der Waals surface area contributed by atoms with E-state index in [9.17, 15) is 5.11 Å². The number of morpholine rings is 1. The van der Waals surface area contributed by atoms with Crippen molar-refractivity contribution < 1.29 is 14.6 Å². The van der Waals surface area contributed by atoms with Gasteiger partial charge >= 0.3 is 0 Å². The number of ether oxygens (including phenoxy) is 2. The lowest BCUT2D eigenvalue weighted by Gasteiger charge is -2.30. The molecule has 1 fully saturated rings. The van der Waals surface area contributed by atoms with Crippen LogP contribution in [0.25, 0.3) is 0 Å². The lowest BCUT2D eigenvalue weighted by molar-refractivity contribution is 0.122. The Morgan fingerprint density at radius 2 is 1.58 bits per heavy atom. The van der Waals surface area contributed by atoms with Gasteiger partial charge in [-0.15, -0.1) is 6.42 Å². The molecule has 1 atom stereocenters. The Hall–Kier alpha value is -2.48. The highest BCUT2D eigenvalue weighted by atomic mass is 16.5. The molecule has 1 aliphatic heterocycles. The molecular weight excluding hydrogens is 302 g/mol. The largest absolute Gasteiger partial charge is 0.497 e. The van der Waals surface area contributed by atoms with Crippen molar-refractivity contribution in [1.82, 2.24) is 0 Å². The number of hydrogen-bond donors (Lipinski definition) is 1. The van der Waals surface area contributed by atoms with E-state index in [1.165, 1.54) is 0 Å². The van der Waals surface area contributed by atoms with Gasteiger partial charge in [-0.3, -0.25) is 0 Å². The summed E-state index contributed by atoms with van der Waals surface area (Å²) in [7, 11) is 1.60. The van der Waals surface area contributed by atoms with E-state index in [4.69, 9.17) is 15.9 Å². The molecule has 0 saturated carbocycles. The summed E-state index contributed by atoms with van der Waals surface area (Å²) in [6.45, 7) is 3.22. The van der Waals surface area contributed by atoms with Gasteiger partial charge < -0.3 is 19.5 Å². The van der Waals surface area contributed by atoms with Crippen LogP contribution in [0.15, 0.2) is 48.5 Å². The van der Waals surface area contributed by atoms with Gasteiger partial charge in [0.2, 0.25) is 0 Å². The number of nitrogens with zero attached hydrogens (tertiary/aromatic N) is 1. The first-order valence-electron chi connectivity index (χ1n) is 7.95. The van der Waals surface area contributed by atoms with E-state index >= 15 is 0 Å². The van der Waals surface area contributed by atoms with E-state index in [2.05, 4.69) is 10.8 Å². The van der Waals surface area contributed by atoms with E-state index < -0.39 is 5.60 Å². The van der Waals surface area contributed by atoms with Crippen LogP contribution in [0.1, 0.15) is 11.1 Å². The number of aliphatic hydroxyl groups is 1. The minimum Gasteiger partial charge on any atom is -0.497 e. The summed E-state index contributed by atoms with van der Waals surface area (Å²) in [5.41, 5.74) is 0.962. The first kappa shape index (κ1) is 16.4. The molecule has 4 nitrogen and oxygen atoms in total. The molecule has 0 amide bonds. The van der Waals surface area contributed by atoms with Crippen molar-refractivity contribution >= 4 is 5.69 Å². The SMILES string of the molecule is C#CC(O)(c1ccc(OC)cc1)c1ccc(N2CCOCC2)cc1. The molecule has 0 radical (unpaired) electrons. The molecule has 3 rings (SSSR count). The van der Waals surface area contributed by atoms with Crippen LogP contribution in [0.2, 0.25) is 0 Å². The molecule has 4 heteroatoms. The average Bonchev–Trinajstić information content (AvgIpc) is 2.68.